The van der Waals surface area contributed by atoms with Crippen LogP contribution in [0.3, 0.4) is 0 Å². The van der Waals surface area contributed by atoms with Crippen molar-refractivity contribution < 1.29 is 9.53 Å². The molecule has 110 valence electrons. The molecule has 0 saturated heterocycles. The summed E-state index contributed by atoms with van der Waals surface area (Å²) in [5, 5.41) is 5.78. The zero-order valence-electron chi connectivity index (χ0n) is 12.1. The molecule has 0 radical (unpaired) electrons. The largest absolute Gasteiger partial charge is 0.383 e. The monoisotopic (exact) mass is 286 g/mol. The first-order valence-electron chi connectivity index (χ1n) is 6.63. The number of amides is 1. The fourth-order valence-electron chi connectivity index (χ4n) is 1.67. The van der Waals surface area contributed by atoms with Gasteiger partial charge >= 0.3 is 0 Å². The van der Waals surface area contributed by atoms with Crippen LogP contribution in [0, 0.1) is 6.92 Å². The number of anilines is 2. The highest BCUT2D eigenvalue weighted by Crippen LogP contribution is 2.10. The Morgan fingerprint density at radius 3 is 2.71 bits per heavy atom. The van der Waals surface area contributed by atoms with Gasteiger partial charge in [0.1, 0.15) is 5.69 Å². The molecule has 0 aliphatic carbocycles. The van der Waals surface area contributed by atoms with Gasteiger partial charge in [0.25, 0.3) is 5.91 Å². The van der Waals surface area contributed by atoms with Crippen LogP contribution in [-0.4, -0.2) is 36.1 Å². The number of carbonyl (C=O) groups excluding carboxylic acids is 1. The van der Waals surface area contributed by atoms with E-state index in [1.807, 2.05) is 31.2 Å². The lowest BCUT2D eigenvalue weighted by atomic mass is 10.2. The van der Waals surface area contributed by atoms with Crippen LogP contribution in [0.25, 0.3) is 0 Å². The van der Waals surface area contributed by atoms with Crippen LogP contribution < -0.4 is 10.6 Å². The minimum Gasteiger partial charge on any atom is -0.383 e. The summed E-state index contributed by atoms with van der Waals surface area (Å²) in [5.74, 6) is 0.139. The Morgan fingerprint density at radius 2 is 2.00 bits per heavy atom. The molecule has 0 spiro atoms. The number of hydrogen-bond acceptors (Lipinski definition) is 5. The lowest BCUT2D eigenvalue weighted by Gasteiger charge is -2.07. The summed E-state index contributed by atoms with van der Waals surface area (Å²) in [4.78, 5) is 20.4. The number of benzene rings is 1. The van der Waals surface area contributed by atoms with E-state index < -0.39 is 0 Å². The quantitative estimate of drug-likeness (QED) is 0.795. The first-order valence-corrected chi connectivity index (χ1v) is 6.63. The normalized spacial score (nSPS) is 10.2. The minimum atomic E-state index is -0.268. The van der Waals surface area contributed by atoms with Crippen LogP contribution >= 0.6 is 0 Å². The molecule has 0 aliphatic heterocycles. The number of methoxy groups -OCH3 is 1. The topological polar surface area (TPSA) is 76.1 Å². The highest BCUT2D eigenvalue weighted by Gasteiger charge is 2.09. The molecule has 0 saturated carbocycles. The summed E-state index contributed by atoms with van der Waals surface area (Å²) in [7, 11) is 1.62. The van der Waals surface area contributed by atoms with Gasteiger partial charge in [0.05, 0.1) is 6.61 Å². The number of nitrogens with zero attached hydrogens (tertiary/aromatic N) is 2. The molecule has 0 fully saturated rings. The Hall–Kier alpha value is -2.47. The second kappa shape index (κ2) is 7.35. The van der Waals surface area contributed by atoms with Gasteiger partial charge in [0, 0.05) is 25.5 Å². The molecule has 2 N–H and O–H groups in total. The fourth-order valence-corrected chi connectivity index (χ4v) is 1.67. The maximum absolute atomic E-state index is 12.1. The maximum atomic E-state index is 12.1. The van der Waals surface area contributed by atoms with Crippen LogP contribution in [0.5, 0.6) is 0 Å². The van der Waals surface area contributed by atoms with Crippen molar-refractivity contribution in [3.8, 4) is 0 Å². The van der Waals surface area contributed by atoms with Crippen molar-refractivity contribution in [2.75, 3.05) is 30.9 Å². The van der Waals surface area contributed by atoms with E-state index in [0.29, 0.717) is 24.8 Å². The van der Waals surface area contributed by atoms with Crippen molar-refractivity contribution >= 4 is 17.5 Å². The van der Waals surface area contributed by atoms with E-state index in [9.17, 15) is 4.79 Å². The fraction of sp³-hybridized carbons (Fsp3) is 0.267. The minimum absolute atomic E-state index is 0.268. The first kappa shape index (κ1) is 14.9. The van der Waals surface area contributed by atoms with Gasteiger partial charge in [0.15, 0.2) is 0 Å². The zero-order valence-corrected chi connectivity index (χ0v) is 12.1. The molecular formula is C15H18N4O2. The molecule has 6 nitrogen and oxygen atoms in total. The summed E-state index contributed by atoms with van der Waals surface area (Å²) < 4.78 is 4.93. The Balaban J connectivity index is 2.01. The van der Waals surface area contributed by atoms with E-state index >= 15 is 0 Å². The van der Waals surface area contributed by atoms with Gasteiger partial charge in [-0.15, -0.1) is 0 Å². The lowest BCUT2D eigenvalue weighted by Crippen LogP contribution is -2.16. The van der Waals surface area contributed by atoms with Gasteiger partial charge in [-0.05, 0) is 25.1 Å². The number of hydrogen-bond donors (Lipinski definition) is 2. The number of aryl methyl sites for hydroxylation is 1. The van der Waals surface area contributed by atoms with E-state index in [0.717, 1.165) is 11.3 Å². The predicted molar refractivity (Wildman–Crippen MR) is 81.5 cm³/mol. The standard InChI is InChI=1S/C15H18N4O2/c1-11-3-5-12(6-4-11)18-14(20)13-7-8-16-15(19-13)17-9-10-21-2/h3-8H,9-10H2,1-2H3,(H,18,20)(H,16,17,19). The van der Waals surface area contributed by atoms with E-state index in [-0.39, 0.29) is 5.91 Å². The Kier molecular flexibility index (Phi) is 5.22. The molecule has 0 atom stereocenters. The van der Waals surface area contributed by atoms with Crippen molar-refractivity contribution in [3.05, 3.63) is 47.8 Å². The van der Waals surface area contributed by atoms with Crippen molar-refractivity contribution in [2.45, 2.75) is 6.92 Å². The summed E-state index contributed by atoms with van der Waals surface area (Å²) in [5.41, 5.74) is 2.18. The zero-order chi connectivity index (χ0) is 15.1. The SMILES string of the molecule is COCCNc1nccc(C(=O)Nc2ccc(C)cc2)n1. The van der Waals surface area contributed by atoms with Gasteiger partial charge in [-0.25, -0.2) is 9.97 Å². The predicted octanol–water partition coefficient (Wildman–Crippen LogP) is 2.10. The van der Waals surface area contributed by atoms with Crippen LogP contribution in [0.1, 0.15) is 16.1 Å². The highest BCUT2D eigenvalue weighted by molar-refractivity contribution is 6.02. The van der Waals surface area contributed by atoms with Crippen molar-refractivity contribution in [1.82, 2.24) is 9.97 Å². The smallest absolute Gasteiger partial charge is 0.274 e. The average molecular weight is 286 g/mol. The number of rotatable bonds is 6. The summed E-state index contributed by atoms with van der Waals surface area (Å²) in [6, 6.07) is 9.16. The molecule has 1 aromatic carbocycles. The molecular weight excluding hydrogens is 268 g/mol. The van der Waals surface area contributed by atoms with Gasteiger partial charge in [0.2, 0.25) is 5.95 Å². The highest BCUT2D eigenvalue weighted by atomic mass is 16.5. The molecule has 0 aliphatic rings. The third kappa shape index (κ3) is 4.54. The second-order valence-electron chi connectivity index (χ2n) is 4.51. The van der Waals surface area contributed by atoms with Gasteiger partial charge in [-0.1, -0.05) is 17.7 Å². The molecule has 6 heteroatoms. The number of ether oxygens (including phenoxy) is 1. The average Bonchev–Trinajstić information content (AvgIpc) is 2.50. The van der Waals surface area contributed by atoms with E-state index in [4.69, 9.17) is 4.74 Å². The van der Waals surface area contributed by atoms with Crippen molar-refractivity contribution in [3.63, 3.8) is 0 Å². The number of aromatic nitrogens is 2. The molecule has 1 heterocycles. The summed E-state index contributed by atoms with van der Waals surface area (Å²) in [6.45, 7) is 3.12. The van der Waals surface area contributed by atoms with E-state index in [1.165, 1.54) is 0 Å². The lowest BCUT2D eigenvalue weighted by molar-refractivity contribution is 0.102. The third-order valence-electron chi connectivity index (χ3n) is 2.79. The van der Waals surface area contributed by atoms with Crippen molar-refractivity contribution in [2.24, 2.45) is 0 Å². The molecule has 1 aromatic heterocycles. The maximum Gasteiger partial charge on any atom is 0.274 e. The third-order valence-corrected chi connectivity index (χ3v) is 2.79. The van der Waals surface area contributed by atoms with E-state index in [1.54, 1.807) is 19.4 Å². The Bertz CT molecular complexity index is 599. The van der Waals surface area contributed by atoms with Crippen LogP contribution in [0.2, 0.25) is 0 Å². The van der Waals surface area contributed by atoms with E-state index in [2.05, 4.69) is 20.6 Å². The second-order valence-corrected chi connectivity index (χ2v) is 4.51. The van der Waals surface area contributed by atoms with Gasteiger partial charge in [-0.2, -0.15) is 0 Å². The molecule has 2 rings (SSSR count). The molecule has 1 amide bonds. The Morgan fingerprint density at radius 1 is 1.24 bits per heavy atom. The molecule has 0 bridgehead atoms. The summed E-state index contributed by atoms with van der Waals surface area (Å²) >= 11 is 0. The molecule has 2 aromatic rings. The van der Waals surface area contributed by atoms with Crippen LogP contribution in [0.15, 0.2) is 36.5 Å². The Labute approximate surface area is 123 Å². The number of carbonyl (C=O) groups is 1. The number of nitrogens with one attached hydrogen (secondary N) is 2. The van der Waals surface area contributed by atoms with Crippen molar-refractivity contribution in [1.29, 1.82) is 0 Å². The van der Waals surface area contributed by atoms with Crippen LogP contribution in [0.4, 0.5) is 11.6 Å². The van der Waals surface area contributed by atoms with Gasteiger partial charge in [-0.3, -0.25) is 4.79 Å². The first-order chi connectivity index (χ1) is 10.2. The summed E-state index contributed by atoms with van der Waals surface area (Å²) in [6.07, 6.45) is 1.55. The van der Waals surface area contributed by atoms with Gasteiger partial charge < -0.3 is 15.4 Å². The molecule has 0 unspecified atom stereocenters. The molecule has 21 heavy (non-hydrogen) atoms. The van der Waals surface area contributed by atoms with Crippen LogP contribution in [-0.2, 0) is 4.74 Å².